The highest BCUT2D eigenvalue weighted by Crippen LogP contribution is 2.14. The summed E-state index contributed by atoms with van der Waals surface area (Å²) in [5, 5.41) is 8.80. The topological polar surface area (TPSA) is 54.4 Å². The third kappa shape index (κ3) is 2.65. The number of hydrogen-bond donors (Lipinski definition) is 1. The molecular formula is C12H14O3. The summed E-state index contributed by atoms with van der Waals surface area (Å²) in [4.78, 5) is 22.4. The van der Waals surface area contributed by atoms with Gasteiger partial charge in [0.05, 0.1) is 5.56 Å². The molecule has 3 heteroatoms. The van der Waals surface area contributed by atoms with Crippen molar-refractivity contribution in [2.24, 2.45) is 0 Å². The lowest BCUT2D eigenvalue weighted by molar-refractivity contribution is 0.0697. The number of carbonyl (C=O) groups is 2. The fourth-order valence-electron chi connectivity index (χ4n) is 1.42. The van der Waals surface area contributed by atoms with Crippen LogP contribution in [0.15, 0.2) is 18.2 Å². The number of rotatable bonds is 4. The van der Waals surface area contributed by atoms with Crippen molar-refractivity contribution in [1.29, 1.82) is 0 Å². The molecule has 0 saturated heterocycles. The van der Waals surface area contributed by atoms with E-state index >= 15 is 0 Å². The highest BCUT2D eigenvalue weighted by Gasteiger charge is 2.11. The summed E-state index contributed by atoms with van der Waals surface area (Å²) in [6.07, 6.45) is 1.24. The lowest BCUT2D eigenvalue weighted by Gasteiger charge is -2.05. The van der Waals surface area contributed by atoms with Gasteiger partial charge in [-0.3, -0.25) is 4.79 Å². The van der Waals surface area contributed by atoms with E-state index in [4.69, 9.17) is 5.11 Å². The fraction of sp³-hybridized carbons (Fsp3) is 0.333. The van der Waals surface area contributed by atoms with Crippen molar-refractivity contribution in [1.82, 2.24) is 0 Å². The van der Waals surface area contributed by atoms with E-state index in [2.05, 4.69) is 0 Å². The minimum atomic E-state index is -0.999. The van der Waals surface area contributed by atoms with Gasteiger partial charge in [0.1, 0.15) is 0 Å². The van der Waals surface area contributed by atoms with Crippen molar-refractivity contribution in [3.8, 4) is 0 Å². The molecule has 1 N–H and O–H groups in total. The first kappa shape index (κ1) is 11.4. The van der Waals surface area contributed by atoms with Gasteiger partial charge in [0.2, 0.25) is 0 Å². The summed E-state index contributed by atoms with van der Waals surface area (Å²) < 4.78 is 0. The van der Waals surface area contributed by atoms with Crippen LogP contribution in [-0.4, -0.2) is 16.9 Å². The summed E-state index contributed by atoms with van der Waals surface area (Å²) in [6.45, 7) is 3.74. The van der Waals surface area contributed by atoms with Crippen LogP contribution in [-0.2, 0) is 0 Å². The van der Waals surface area contributed by atoms with E-state index in [-0.39, 0.29) is 11.3 Å². The van der Waals surface area contributed by atoms with Crippen LogP contribution in [0.2, 0.25) is 0 Å². The minimum Gasteiger partial charge on any atom is -0.478 e. The summed E-state index contributed by atoms with van der Waals surface area (Å²) in [5.74, 6) is -0.987. The molecule has 0 bridgehead atoms. The lowest BCUT2D eigenvalue weighted by atomic mass is 9.99. The molecule has 0 amide bonds. The van der Waals surface area contributed by atoms with Crippen molar-refractivity contribution in [3.05, 3.63) is 34.9 Å². The zero-order chi connectivity index (χ0) is 11.4. The van der Waals surface area contributed by atoms with Gasteiger partial charge < -0.3 is 5.11 Å². The van der Waals surface area contributed by atoms with Crippen molar-refractivity contribution in [2.45, 2.75) is 26.7 Å². The predicted octanol–water partition coefficient (Wildman–Crippen LogP) is 2.68. The monoisotopic (exact) mass is 206 g/mol. The lowest BCUT2D eigenvalue weighted by Crippen LogP contribution is -2.04. The summed E-state index contributed by atoms with van der Waals surface area (Å²) in [7, 11) is 0. The average molecular weight is 206 g/mol. The van der Waals surface area contributed by atoms with Gasteiger partial charge in [-0.1, -0.05) is 13.0 Å². The molecule has 1 aromatic carbocycles. The predicted molar refractivity (Wildman–Crippen MR) is 57.4 cm³/mol. The van der Waals surface area contributed by atoms with Crippen LogP contribution in [0.1, 0.15) is 46.0 Å². The Hall–Kier alpha value is -1.64. The third-order valence-electron chi connectivity index (χ3n) is 2.26. The van der Waals surface area contributed by atoms with E-state index < -0.39 is 5.97 Å². The number of carbonyl (C=O) groups excluding carboxylic acids is 1. The molecule has 0 fully saturated rings. The van der Waals surface area contributed by atoms with E-state index in [1.165, 1.54) is 12.1 Å². The second kappa shape index (κ2) is 4.73. The molecule has 0 aliphatic rings. The number of benzene rings is 1. The summed E-state index contributed by atoms with van der Waals surface area (Å²) in [5.41, 5.74) is 1.52. The molecule has 0 aliphatic heterocycles. The number of ketones is 1. The zero-order valence-electron chi connectivity index (χ0n) is 8.91. The Bertz CT molecular complexity index is 394. The number of hydrogen-bond acceptors (Lipinski definition) is 2. The normalized spacial score (nSPS) is 10.0. The first-order valence-corrected chi connectivity index (χ1v) is 4.93. The molecule has 3 nitrogen and oxygen atoms in total. The highest BCUT2D eigenvalue weighted by molar-refractivity contribution is 6.00. The molecular weight excluding hydrogens is 192 g/mol. The van der Waals surface area contributed by atoms with Crippen LogP contribution in [0.25, 0.3) is 0 Å². The SMILES string of the molecule is CCCC(=O)c1cc(C(=O)O)ccc1C. The molecule has 1 rings (SSSR count). The maximum Gasteiger partial charge on any atom is 0.335 e. The Balaban J connectivity index is 3.10. The summed E-state index contributed by atoms with van der Waals surface area (Å²) in [6, 6.07) is 4.64. The van der Waals surface area contributed by atoms with Crippen LogP contribution in [0.3, 0.4) is 0 Å². The van der Waals surface area contributed by atoms with Gasteiger partial charge in [-0.15, -0.1) is 0 Å². The van der Waals surface area contributed by atoms with Crippen LogP contribution < -0.4 is 0 Å². The van der Waals surface area contributed by atoms with Crippen molar-refractivity contribution >= 4 is 11.8 Å². The Morgan fingerprint density at radius 1 is 1.33 bits per heavy atom. The first-order chi connectivity index (χ1) is 7.06. The number of aromatic carboxylic acids is 1. The molecule has 0 saturated carbocycles. The van der Waals surface area contributed by atoms with E-state index in [1.54, 1.807) is 6.07 Å². The molecule has 80 valence electrons. The van der Waals surface area contributed by atoms with Crippen molar-refractivity contribution in [3.63, 3.8) is 0 Å². The molecule has 1 aromatic rings. The number of carboxylic acid groups (broad SMARTS) is 1. The number of carboxylic acids is 1. The van der Waals surface area contributed by atoms with Gasteiger partial charge in [0.15, 0.2) is 5.78 Å². The van der Waals surface area contributed by atoms with Crippen LogP contribution in [0.4, 0.5) is 0 Å². The van der Waals surface area contributed by atoms with Crippen molar-refractivity contribution in [2.75, 3.05) is 0 Å². The molecule has 0 atom stereocenters. The van der Waals surface area contributed by atoms with Gasteiger partial charge >= 0.3 is 5.97 Å². The molecule has 15 heavy (non-hydrogen) atoms. The Labute approximate surface area is 88.7 Å². The molecule has 0 unspecified atom stereocenters. The Morgan fingerprint density at radius 2 is 2.00 bits per heavy atom. The highest BCUT2D eigenvalue weighted by atomic mass is 16.4. The fourth-order valence-corrected chi connectivity index (χ4v) is 1.42. The van der Waals surface area contributed by atoms with Crippen LogP contribution in [0, 0.1) is 6.92 Å². The van der Waals surface area contributed by atoms with Gasteiger partial charge in [0, 0.05) is 12.0 Å². The molecule has 0 aliphatic carbocycles. The first-order valence-electron chi connectivity index (χ1n) is 4.93. The Morgan fingerprint density at radius 3 is 2.53 bits per heavy atom. The van der Waals surface area contributed by atoms with Gasteiger partial charge in [-0.2, -0.15) is 0 Å². The Kier molecular flexibility index (Phi) is 3.61. The standard InChI is InChI=1S/C12H14O3/c1-3-4-11(13)10-7-9(12(14)15)6-5-8(10)2/h5-7H,3-4H2,1-2H3,(H,14,15). The molecule has 0 spiro atoms. The average Bonchev–Trinajstić information content (AvgIpc) is 2.18. The van der Waals surface area contributed by atoms with Crippen LogP contribution in [0.5, 0.6) is 0 Å². The zero-order valence-corrected chi connectivity index (χ0v) is 8.91. The quantitative estimate of drug-likeness (QED) is 0.770. The van der Waals surface area contributed by atoms with Gasteiger partial charge in [-0.05, 0) is 31.0 Å². The van der Waals surface area contributed by atoms with Crippen molar-refractivity contribution < 1.29 is 14.7 Å². The molecule has 0 aromatic heterocycles. The van der Waals surface area contributed by atoms with E-state index in [9.17, 15) is 9.59 Å². The molecule has 0 heterocycles. The van der Waals surface area contributed by atoms with E-state index in [1.807, 2.05) is 13.8 Å². The largest absolute Gasteiger partial charge is 0.478 e. The maximum atomic E-state index is 11.6. The van der Waals surface area contributed by atoms with Gasteiger partial charge in [-0.25, -0.2) is 4.79 Å². The molecule has 0 radical (unpaired) electrons. The van der Waals surface area contributed by atoms with E-state index in [0.717, 1.165) is 12.0 Å². The maximum absolute atomic E-state index is 11.6. The van der Waals surface area contributed by atoms with Gasteiger partial charge in [0.25, 0.3) is 0 Å². The third-order valence-corrected chi connectivity index (χ3v) is 2.26. The second-order valence-corrected chi connectivity index (χ2v) is 3.51. The minimum absolute atomic E-state index is 0.0121. The number of aryl methyl sites for hydroxylation is 1. The van der Waals surface area contributed by atoms with Crippen LogP contribution >= 0.6 is 0 Å². The second-order valence-electron chi connectivity index (χ2n) is 3.51. The smallest absolute Gasteiger partial charge is 0.335 e. The number of Topliss-reactive ketones (excluding diaryl/α,β-unsaturated/α-hetero) is 1. The van der Waals surface area contributed by atoms with E-state index in [0.29, 0.717) is 12.0 Å². The summed E-state index contributed by atoms with van der Waals surface area (Å²) >= 11 is 0.